The summed E-state index contributed by atoms with van der Waals surface area (Å²) >= 11 is 0. The topological polar surface area (TPSA) is 63.4 Å². The van der Waals surface area contributed by atoms with Crippen molar-refractivity contribution in [2.75, 3.05) is 7.05 Å². The van der Waals surface area contributed by atoms with Gasteiger partial charge in [0.25, 0.3) is 12.3 Å². The molecule has 1 amide bonds. The number of carbonyl (C=O) groups excluding carboxylic acids is 1. The van der Waals surface area contributed by atoms with Gasteiger partial charge >= 0.3 is 0 Å². The molecule has 0 saturated carbocycles. The number of aryl methyl sites for hydroxylation is 1. The Morgan fingerprint density at radius 3 is 2.72 bits per heavy atom. The molecule has 1 atom stereocenters. The molecule has 0 bridgehead atoms. The largest absolute Gasteiger partial charge is 0.333 e. The molecule has 0 aliphatic rings. The first-order valence-corrected chi connectivity index (χ1v) is 7.83. The van der Waals surface area contributed by atoms with Gasteiger partial charge in [-0.2, -0.15) is 0 Å². The third-order valence-electron chi connectivity index (χ3n) is 4.13. The van der Waals surface area contributed by atoms with Crippen LogP contribution in [0.25, 0.3) is 5.65 Å². The summed E-state index contributed by atoms with van der Waals surface area (Å²) in [6, 6.07) is 11.2. The van der Waals surface area contributed by atoms with Crippen LogP contribution in [0.15, 0.2) is 48.7 Å². The van der Waals surface area contributed by atoms with E-state index in [4.69, 9.17) is 0 Å². The Morgan fingerprint density at radius 1 is 1.24 bits per heavy atom. The summed E-state index contributed by atoms with van der Waals surface area (Å²) in [6.45, 7) is 0. The van der Waals surface area contributed by atoms with Gasteiger partial charge in [0.05, 0.1) is 6.04 Å². The van der Waals surface area contributed by atoms with E-state index in [2.05, 4.69) is 15.5 Å². The molecule has 6 nitrogen and oxygen atoms in total. The lowest BCUT2D eigenvalue weighted by molar-refractivity contribution is 0.0273. The summed E-state index contributed by atoms with van der Waals surface area (Å²) < 4.78 is 28.4. The molecule has 0 spiro atoms. The number of tetrazole rings is 1. The fourth-order valence-corrected chi connectivity index (χ4v) is 2.68. The van der Waals surface area contributed by atoms with Gasteiger partial charge in [0.1, 0.15) is 0 Å². The SMILES string of the molecule is CN(C(=O)c1ccn2nnnc2c1)[C@@H](CCc1ccccc1)C(F)F. The number of rotatable bonds is 6. The summed E-state index contributed by atoms with van der Waals surface area (Å²) in [5, 5.41) is 11.0. The first-order valence-electron chi connectivity index (χ1n) is 7.83. The predicted molar refractivity (Wildman–Crippen MR) is 87.4 cm³/mol. The Labute approximate surface area is 143 Å². The average molecular weight is 345 g/mol. The monoisotopic (exact) mass is 345 g/mol. The van der Waals surface area contributed by atoms with Crippen LogP contribution < -0.4 is 0 Å². The maximum atomic E-state index is 13.5. The number of fused-ring (bicyclic) bond motifs is 1. The van der Waals surface area contributed by atoms with Gasteiger partial charge in [-0.3, -0.25) is 4.79 Å². The highest BCUT2D eigenvalue weighted by Crippen LogP contribution is 2.18. The molecule has 130 valence electrons. The van der Waals surface area contributed by atoms with Crippen LogP contribution in [0.4, 0.5) is 8.78 Å². The zero-order valence-corrected chi connectivity index (χ0v) is 13.6. The molecule has 0 aliphatic heterocycles. The Bertz CT molecular complexity index is 852. The highest BCUT2D eigenvalue weighted by atomic mass is 19.3. The van der Waals surface area contributed by atoms with Crippen molar-refractivity contribution in [3.63, 3.8) is 0 Å². The van der Waals surface area contributed by atoms with E-state index < -0.39 is 18.4 Å². The van der Waals surface area contributed by atoms with Crippen molar-refractivity contribution in [1.82, 2.24) is 24.9 Å². The van der Waals surface area contributed by atoms with E-state index >= 15 is 0 Å². The second-order valence-electron chi connectivity index (χ2n) is 5.74. The van der Waals surface area contributed by atoms with Gasteiger partial charge in [0.2, 0.25) is 0 Å². The highest BCUT2D eigenvalue weighted by Gasteiger charge is 2.29. The van der Waals surface area contributed by atoms with Crippen molar-refractivity contribution in [2.24, 2.45) is 0 Å². The lowest BCUT2D eigenvalue weighted by Gasteiger charge is -2.27. The number of benzene rings is 1. The number of nitrogens with zero attached hydrogens (tertiary/aromatic N) is 5. The molecule has 0 aliphatic carbocycles. The zero-order valence-electron chi connectivity index (χ0n) is 13.6. The Kier molecular flexibility index (Phi) is 4.97. The Morgan fingerprint density at radius 2 is 2.00 bits per heavy atom. The van der Waals surface area contributed by atoms with Crippen molar-refractivity contribution >= 4 is 11.6 Å². The first-order chi connectivity index (χ1) is 12.1. The number of hydrogen-bond acceptors (Lipinski definition) is 4. The van der Waals surface area contributed by atoms with Crippen LogP contribution in [0.2, 0.25) is 0 Å². The molecular weight excluding hydrogens is 328 g/mol. The number of aromatic nitrogens is 4. The average Bonchev–Trinajstić information content (AvgIpc) is 3.09. The Hall–Kier alpha value is -2.90. The van der Waals surface area contributed by atoms with Crippen LogP contribution in [0.5, 0.6) is 0 Å². The van der Waals surface area contributed by atoms with Gasteiger partial charge < -0.3 is 4.90 Å². The third kappa shape index (κ3) is 3.78. The van der Waals surface area contributed by atoms with Crippen molar-refractivity contribution in [3.8, 4) is 0 Å². The summed E-state index contributed by atoms with van der Waals surface area (Å²) in [6.07, 6.45) is -0.451. The fraction of sp³-hybridized carbons (Fsp3) is 0.294. The maximum absolute atomic E-state index is 13.5. The van der Waals surface area contributed by atoms with Crippen molar-refractivity contribution in [2.45, 2.75) is 25.3 Å². The predicted octanol–water partition coefficient (Wildman–Crippen LogP) is 2.46. The molecular formula is C17H17F2N5O. The van der Waals surface area contributed by atoms with E-state index in [1.807, 2.05) is 30.3 Å². The van der Waals surface area contributed by atoms with E-state index in [0.29, 0.717) is 12.1 Å². The molecule has 1 aromatic carbocycles. The molecule has 8 heteroatoms. The molecule has 0 N–H and O–H groups in total. The molecule has 3 rings (SSSR count). The van der Waals surface area contributed by atoms with E-state index in [1.54, 1.807) is 0 Å². The number of hydrogen-bond donors (Lipinski definition) is 0. The summed E-state index contributed by atoms with van der Waals surface area (Å²) in [7, 11) is 1.40. The lowest BCUT2D eigenvalue weighted by atomic mass is 10.0. The smallest absolute Gasteiger partial charge is 0.258 e. The van der Waals surface area contributed by atoms with Gasteiger partial charge in [-0.25, -0.2) is 13.3 Å². The van der Waals surface area contributed by atoms with Gasteiger partial charge in [0, 0.05) is 18.8 Å². The van der Waals surface area contributed by atoms with Gasteiger partial charge in [0.15, 0.2) is 5.65 Å². The first kappa shape index (κ1) is 16.9. The van der Waals surface area contributed by atoms with Crippen molar-refractivity contribution in [3.05, 3.63) is 59.8 Å². The van der Waals surface area contributed by atoms with Crippen LogP contribution in [0.1, 0.15) is 22.3 Å². The standard InChI is InChI=1S/C17H17F2N5O/c1-23(14(16(18)19)8-7-12-5-3-2-4-6-12)17(25)13-9-10-24-15(11-13)20-21-22-24/h2-6,9-11,14,16H,7-8H2,1H3/t14-/m0/s1. The molecule has 0 radical (unpaired) electrons. The molecule has 0 saturated heterocycles. The second kappa shape index (κ2) is 7.33. The summed E-state index contributed by atoms with van der Waals surface area (Å²) in [5.41, 5.74) is 1.62. The Balaban J connectivity index is 1.74. The zero-order chi connectivity index (χ0) is 17.8. The van der Waals surface area contributed by atoms with Crippen molar-refractivity contribution in [1.29, 1.82) is 0 Å². The van der Waals surface area contributed by atoms with Crippen LogP contribution in [0, 0.1) is 0 Å². The van der Waals surface area contributed by atoms with Crippen LogP contribution in [-0.2, 0) is 6.42 Å². The molecule has 3 aromatic rings. The molecule has 0 fully saturated rings. The second-order valence-corrected chi connectivity index (χ2v) is 5.74. The quantitative estimate of drug-likeness (QED) is 0.688. The summed E-state index contributed by atoms with van der Waals surface area (Å²) in [5.74, 6) is -0.483. The van der Waals surface area contributed by atoms with Crippen LogP contribution >= 0.6 is 0 Å². The van der Waals surface area contributed by atoms with Crippen molar-refractivity contribution < 1.29 is 13.6 Å². The lowest BCUT2D eigenvalue weighted by Crippen LogP contribution is -2.42. The molecule has 2 heterocycles. The van der Waals surface area contributed by atoms with Crippen LogP contribution in [-0.4, -0.2) is 50.4 Å². The minimum absolute atomic E-state index is 0.179. The molecule has 0 unspecified atom stereocenters. The fourth-order valence-electron chi connectivity index (χ4n) is 2.68. The minimum atomic E-state index is -2.63. The number of carbonyl (C=O) groups is 1. The maximum Gasteiger partial charge on any atom is 0.258 e. The van der Waals surface area contributed by atoms with E-state index in [0.717, 1.165) is 10.5 Å². The van der Waals surface area contributed by atoms with Gasteiger partial charge in [-0.15, -0.1) is 5.10 Å². The van der Waals surface area contributed by atoms with Crippen LogP contribution in [0.3, 0.4) is 0 Å². The van der Waals surface area contributed by atoms with Gasteiger partial charge in [-0.1, -0.05) is 30.3 Å². The van der Waals surface area contributed by atoms with E-state index in [-0.39, 0.29) is 12.0 Å². The highest BCUT2D eigenvalue weighted by molar-refractivity contribution is 5.95. The number of halogens is 2. The normalized spacial score (nSPS) is 12.5. The number of amides is 1. The molecule has 25 heavy (non-hydrogen) atoms. The summed E-state index contributed by atoms with van der Waals surface area (Å²) in [4.78, 5) is 13.7. The number of alkyl halides is 2. The minimum Gasteiger partial charge on any atom is -0.333 e. The number of pyridine rings is 1. The van der Waals surface area contributed by atoms with Gasteiger partial charge in [-0.05, 0) is 41.0 Å². The molecule has 2 aromatic heterocycles. The van der Waals surface area contributed by atoms with E-state index in [1.165, 1.54) is 29.9 Å². The van der Waals surface area contributed by atoms with E-state index in [9.17, 15) is 13.6 Å². The third-order valence-corrected chi connectivity index (χ3v) is 4.13.